The smallest absolute Gasteiger partial charge is 0.343 e. The van der Waals surface area contributed by atoms with Crippen molar-refractivity contribution in [3.8, 4) is 11.5 Å². The number of amides is 1. The summed E-state index contributed by atoms with van der Waals surface area (Å²) in [5, 5.41) is 4.59. The first-order valence-electron chi connectivity index (χ1n) is 9.90. The number of rotatable bonds is 8. The lowest BCUT2D eigenvalue weighted by molar-refractivity contribution is 0.0734. The van der Waals surface area contributed by atoms with E-state index in [4.69, 9.17) is 32.7 Å². The Morgan fingerprint density at radius 2 is 1.82 bits per heavy atom. The predicted molar refractivity (Wildman–Crippen MR) is 133 cm³/mol. The molecule has 3 rings (SSSR count). The van der Waals surface area contributed by atoms with Crippen LogP contribution in [0.3, 0.4) is 0 Å². The number of ether oxygens (including phenoxy) is 2. The average molecular weight is 550 g/mol. The zero-order chi connectivity index (χ0) is 23.8. The third-order valence-electron chi connectivity index (χ3n) is 4.28. The number of hydrazone groups is 1. The molecule has 6 nitrogen and oxygen atoms in total. The van der Waals surface area contributed by atoms with Crippen molar-refractivity contribution in [1.82, 2.24) is 5.43 Å². The van der Waals surface area contributed by atoms with E-state index in [9.17, 15) is 9.59 Å². The molecule has 33 heavy (non-hydrogen) atoms. The Morgan fingerprint density at radius 1 is 1.06 bits per heavy atom. The molecule has 0 saturated carbocycles. The molecule has 0 bridgehead atoms. The fraction of sp³-hybridized carbons (Fsp3) is 0.125. The van der Waals surface area contributed by atoms with Crippen LogP contribution in [0.5, 0.6) is 11.5 Å². The minimum atomic E-state index is -0.536. The van der Waals surface area contributed by atoms with E-state index in [1.165, 1.54) is 18.3 Å². The molecule has 3 aromatic carbocycles. The van der Waals surface area contributed by atoms with Crippen LogP contribution in [0.1, 0.15) is 39.6 Å². The van der Waals surface area contributed by atoms with Crippen molar-refractivity contribution < 1.29 is 19.1 Å². The van der Waals surface area contributed by atoms with Gasteiger partial charge in [-0.15, -0.1) is 0 Å². The number of hydrogen-bond donors (Lipinski definition) is 1. The van der Waals surface area contributed by atoms with Gasteiger partial charge in [-0.25, -0.2) is 10.2 Å². The Balaban J connectivity index is 1.70. The lowest BCUT2D eigenvalue weighted by Crippen LogP contribution is -2.18. The van der Waals surface area contributed by atoms with E-state index in [1.54, 1.807) is 48.5 Å². The number of carbonyl (C=O) groups excluding carboxylic acids is 2. The minimum Gasteiger partial charge on any atom is -0.494 e. The SMILES string of the molecule is CCCOc1ccc(C(=O)Oc2ccc(Br)cc2/C=N/NC(=O)c2ccc(Cl)cc2Cl)cc1. The molecule has 0 heterocycles. The lowest BCUT2D eigenvalue weighted by atomic mass is 10.2. The highest BCUT2D eigenvalue weighted by molar-refractivity contribution is 9.10. The fourth-order valence-electron chi connectivity index (χ4n) is 2.67. The largest absolute Gasteiger partial charge is 0.494 e. The number of benzene rings is 3. The van der Waals surface area contributed by atoms with Crippen molar-refractivity contribution in [1.29, 1.82) is 0 Å². The van der Waals surface area contributed by atoms with Gasteiger partial charge in [0.15, 0.2) is 0 Å². The van der Waals surface area contributed by atoms with E-state index in [1.807, 2.05) is 6.92 Å². The monoisotopic (exact) mass is 548 g/mol. The van der Waals surface area contributed by atoms with Gasteiger partial charge in [0.25, 0.3) is 5.91 Å². The van der Waals surface area contributed by atoms with E-state index in [0.29, 0.717) is 28.5 Å². The first kappa shape index (κ1) is 24.8. The van der Waals surface area contributed by atoms with Crippen molar-refractivity contribution in [3.05, 3.63) is 91.9 Å². The summed E-state index contributed by atoms with van der Waals surface area (Å²) in [7, 11) is 0. The molecule has 3 aromatic rings. The second-order valence-electron chi connectivity index (χ2n) is 6.77. The highest BCUT2D eigenvalue weighted by Gasteiger charge is 2.13. The van der Waals surface area contributed by atoms with Gasteiger partial charge in [0.1, 0.15) is 11.5 Å². The highest BCUT2D eigenvalue weighted by atomic mass is 79.9. The molecule has 0 radical (unpaired) electrons. The van der Waals surface area contributed by atoms with Gasteiger partial charge in [-0.05, 0) is 67.1 Å². The van der Waals surface area contributed by atoms with Gasteiger partial charge in [0.2, 0.25) is 0 Å². The van der Waals surface area contributed by atoms with Gasteiger partial charge in [-0.2, -0.15) is 5.10 Å². The van der Waals surface area contributed by atoms with E-state index < -0.39 is 11.9 Å². The maximum Gasteiger partial charge on any atom is 0.343 e. The summed E-state index contributed by atoms with van der Waals surface area (Å²) < 4.78 is 11.8. The summed E-state index contributed by atoms with van der Waals surface area (Å²) in [6.07, 6.45) is 2.27. The zero-order valence-corrected chi connectivity index (χ0v) is 20.6. The quantitative estimate of drug-likeness (QED) is 0.150. The Kier molecular flexibility index (Phi) is 8.88. The van der Waals surface area contributed by atoms with Crippen molar-refractivity contribution in [2.24, 2.45) is 5.10 Å². The maximum atomic E-state index is 12.6. The summed E-state index contributed by atoms with van der Waals surface area (Å²) >= 11 is 15.3. The molecule has 0 atom stereocenters. The van der Waals surface area contributed by atoms with Gasteiger partial charge in [-0.1, -0.05) is 46.1 Å². The lowest BCUT2D eigenvalue weighted by Gasteiger charge is -2.09. The maximum absolute atomic E-state index is 12.6. The van der Waals surface area contributed by atoms with Gasteiger partial charge < -0.3 is 9.47 Å². The van der Waals surface area contributed by atoms with Crippen molar-refractivity contribution in [3.63, 3.8) is 0 Å². The molecule has 1 N–H and O–H groups in total. The Labute approximate surface area is 209 Å². The summed E-state index contributed by atoms with van der Waals surface area (Å²) in [5.41, 5.74) is 3.47. The van der Waals surface area contributed by atoms with Crippen molar-refractivity contribution >= 4 is 57.2 Å². The second-order valence-corrected chi connectivity index (χ2v) is 8.53. The van der Waals surface area contributed by atoms with Crippen LogP contribution >= 0.6 is 39.1 Å². The Bertz CT molecular complexity index is 1180. The molecule has 0 spiro atoms. The molecule has 1 amide bonds. The van der Waals surface area contributed by atoms with Crippen LogP contribution in [0.15, 0.2) is 70.2 Å². The molecular formula is C24H19BrCl2N2O4. The molecule has 170 valence electrons. The van der Waals surface area contributed by atoms with Crippen LogP contribution in [0.2, 0.25) is 10.0 Å². The summed E-state index contributed by atoms with van der Waals surface area (Å²) in [5.74, 6) is -0.0868. The van der Waals surface area contributed by atoms with Crippen molar-refractivity contribution in [2.45, 2.75) is 13.3 Å². The van der Waals surface area contributed by atoms with Crippen LogP contribution in [-0.4, -0.2) is 24.7 Å². The van der Waals surface area contributed by atoms with Crippen LogP contribution in [0.4, 0.5) is 0 Å². The predicted octanol–water partition coefficient (Wildman–Crippen LogP) is 6.53. The van der Waals surface area contributed by atoms with Crippen molar-refractivity contribution in [2.75, 3.05) is 6.61 Å². The standard InChI is InChI=1S/C24H19BrCl2N2O4/c1-2-11-32-19-7-3-15(4-8-19)24(31)33-22-10-5-17(25)12-16(22)14-28-29-23(30)20-9-6-18(26)13-21(20)27/h3-10,12-14H,2,11H2,1H3,(H,29,30)/b28-14+. The molecule has 0 aromatic heterocycles. The first-order chi connectivity index (χ1) is 15.9. The summed E-state index contributed by atoms with van der Waals surface area (Å²) in [6.45, 7) is 2.62. The number of nitrogens with zero attached hydrogens (tertiary/aromatic N) is 1. The van der Waals surface area contributed by atoms with E-state index in [-0.39, 0.29) is 16.3 Å². The van der Waals surface area contributed by atoms with Crippen LogP contribution < -0.4 is 14.9 Å². The Morgan fingerprint density at radius 3 is 2.52 bits per heavy atom. The molecular weight excluding hydrogens is 531 g/mol. The average Bonchev–Trinajstić information content (AvgIpc) is 2.79. The third kappa shape index (κ3) is 7.05. The van der Waals surface area contributed by atoms with Gasteiger partial charge in [0.05, 0.1) is 29.0 Å². The van der Waals surface area contributed by atoms with Crippen LogP contribution in [-0.2, 0) is 0 Å². The summed E-state index contributed by atoms with van der Waals surface area (Å²) in [4.78, 5) is 24.9. The fourth-order valence-corrected chi connectivity index (χ4v) is 3.55. The number of carbonyl (C=O) groups is 2. The topological polar surface area (TPSA) is 77.0 Å². The first-order valence-corrected chi connectivity index (χ1v) is 11.5. The molecule has 9 heteroatoms. The number of nitrogens with one attached hydrogen (secondary N) is 1. The van der Waals surface area contributed by atoms with Crippen LogP contribution in [0.25, 0.3) is 0 Å². The molecule has 0 saturated heterocycles. The van der Waals surface area contributed by atoms with Gasteiger partial charge in [-0.3, -0.25) is 4.79 Å². The molecule has 0 aliphatic heterocycles. The molecule has 0 aliphatic rings. The number of hydrogen-bond acceptors (Lipinski definition) is 5. The normalized spacial score (nSPS) is 10.8. The molecule has 0 fully saturated rings. The van der Waals surface area contributed by atoms with Crippen LogP contribution in [0, 0.1) is 0 Å². The van der Waals surface area contributed by atoms with Gasteiger partial charge >= 0.3 is 5.97 Å². The number of halogens is 3. The minimum absolute atomic E-state index is 0.207. The van der Waals surface area contributed by atoms with E-state index in [2.05, 4.69) is 26.5 Å². The summed E-state index contributed by atoms with van der Waals surface area (Å²) in [6, 6.07) is 16.3. The van der Waals surface area contributed by atoms with E-state index >= 15 is 0 Å². The highest BCUT2D eigenvalue weighted by Crippen LogP contribution is 2.24. The van der Waals surface area contributed by atoms with E-state index in [0.717, 1.165) is 10.9 Å². The molecule has 0 unspecified atom stereocenters. The number of esters is 1. The zero-order valence-electron chi connectivity index (χ0n) is 17.5. The Hall–Kier alpha value is -2.87. The van der Waals surface area contributed by atoms with Gasteiger partial charge in [0, 0.05) is 15.1 Å². The second kappa shape index (κ2) is 11.8. The third-order valence-corrected chi connectivity index (χ3v) is 5.32. The molecule has 0 aliphatic carbocycles.